The molecule has 2 atom stereocenters. The molecule has 3 heterocycles. The molecule has 2 aromatic rings. The van der Waals surface area contributed by atoms with Crippen molar-refractivity contribution in [3.8, 4) is 17.1 Å². The van der Waals surface area contributed by atoms with Crippen LogP contribution in [0.5, 0.6) is 5.75 Å². The van der Waals surface area contributed by atoms with Gasteiger partial charge in [0.2, 0.25) is 11.7 Å². The van der Waals surface area contributed by atoms with Gasteiger partial charge in [-0.3, -0.25) is 4.90 Å². The van der Waals surface area contributed by atoms with Gasteiger partial charge in [0.25, 0.3) is 0 Å². The highest BCUT2D eigenvalue weighted by Gasteiger charge is 2.32. The van der Waals surface area contributed by atoms with Crippen molar-refractivity contribution in [2.45, 2.75) is 25.4 Å². The summed E-state index contributed by atoms with van der Waals surface area (Å²) in [5, 5.41) is 7.70. The summed E-state index contributed by atoms with van der Waals surface area (Å²) in [6.07, 6.45) is 2.49. The fourth-order valence-electron chi connectivity index (χ4n) is 3.63. The Hall–Kier alpha value is -1.92. The highest BCUT2D eigenvalue weighted by atomic mass is 16.5. The summed E-state index contributed by atoms with van der Waals surface area (Å²) < 4.78 is 10.6. The average Bonchev–Trinajstić information content (AvgIpc) is 3.24. The monoisotopic (exact) mass is 314 g/mol. The lowest BCUT2D eigenvalue weighted by Gasteiger charge is -2.33. The van der Waals surface area contributed by atoms with Crippen LogP contribution in [0.1, 0.15) is 18.7 Å². The molecule has 2 aliphatic heterocycles. The van der Waals surface area contributed by atoms with Crippen LogP contribution in [-0.2, 0) is 6.54 Å². The first kappa shape index (κ1) is 14.7. The summed E-state index contributed by atoms with van der Waals surface area (Å²) in [5.41, 5.74) is 0.944. The number of nitrogens with one attached hydrogen (secondary N) is 1. The lowest BCUT2D eigenvalue weighted by atomic mass is 9.93. The van der Waals surface area contributed by atoms with Crippen molar-refractivity contribution in [3.05, 3.63) is 30.2 Å². The van der Waals surface area contributed by atoms with Crippen LogP contribution in [0.4, 0.5) is 0 Å². The molecule has 122 valence electrons. The number of methoxy groups -OCH3 is 1. The zero-order valence-corrected chi connectivity index (χ0v) is 13.4. The van der Waals surface area contributed by atoms with E-state index in [4.69, 9.17) is 9.26 Å². The van der Waals surface area contributed by atoms with Crippen LogP contribution in [0.3, 0.4) is 0 Å². The van der Waals surface area contributed by atoms with Crippen molar-refractivity contribution in [2.75, 3.05) is 26.7 Å². The molecule has 23 heavy (non-hydrogen) atoms. The summed E-state index contributed by atoms with van der Waals surface area (Å²) in [5.74, 6) is 2.93. The van der Waals surface area contributed by atoms with E-state index >= 15 is 0 Å². The van der Waals surface area contributed by atoms with E-state index in [-0.39, 0.29) is 0 Å². The summed E-state index contributed by atoms with van der Waals surface area (Å²) >= 11 is 0. The van der Waals surface area contributed by atoms with Gasteiger partial charge in [0.15, 0.2) is 0 Å². The average molecular weight is 314 g/mol. The molecule has 1 N–H and O–H groups in total. The Labute approximate surface area is 135 Å². The number of likely N-dealkylation sites (tertiary alicyclic amines) is 1. The van der Waals surface area contributed by atoms with E-state index in [1.165, 1.54) is 12.8 Å². The van der Waals surface area contributed by atoms with E-state index in [1.54, 1.807) is 7.11 Å². The van der Waals surface area contributed by atoms with Gasteiger partial charge in [0, 0.05) is 24.7 Å². The lowest BCUT2D eigenvalue weighted by molar-refractivity contribution is 0.140. The number of piperidine rings is 1. The zero-order chi connectivity index (χ0) is 15.6. The maximum atomic E-state index is 5.44. The van der Waals surface area contributed by atoms with Crippen molar-refractivity contribution >= 4 is 0 Å². The van der Waals surface area contributed by atoms with E-state index in [0.29, 0.717) is 17.8 Å². The molecule has 0 spiro atoms. The molecule has 4 rings (SSSR count). The molecular formula is C17H22N4O2. The molecule has 0 aliphatic carbocycles. The smallest absolute Gasteiger partial charge is 0.241 e. The quantitative estimate of drug-likeness (QED) is 0.930. The van der Waals surface area contributed by atoms with E-state index in [0.717, 1.165) is 43.4 Å². The van der Waals surface area contributed by atoms with Crippen LogP contribution in [-0.4, -0.2) is 47.8 Å². The molecule has 6 heteroatoms. The summed E-state index contributed by atoms with van der Waals surface area (Å²) in [4.78, 5) is 6.97. The number of aromatic nitrogens is 2. The second-order valence-electron chi connectivity index (χ2n) is 6.37. The second-order valence-corrected chi connectivity index (χ2v) is 6.37. The van der Waals surface area contributed by atoms with E-state index in [2.05, 4.69) is 20.4 Å². The maximum Gasteiger partial charge on any atom is 0.241 e. The van der Waals surface area contributed by atoms with E-state index < -0.39 is 0 Å². The van der Waals surface area contributed by atoms with Crippen LogP contribution in [0.15, 0.2) is 28.8 Å². The Bertz CT molecular complexity index is 655. The Morgan fingerprint density at radius 3 is 3.00 bits per heavy atom. The first-order valence-electron chi connectivity index (χ1n) is 8.24. The predicted octanol–water partition coefficient (Wildman–Crippen LogP) is 1.93. The summed E-state index contributed by atoms with van der Waals surface area (Å²) in [7, 11) is 1.66. The summed E-state index contributed by atoms with van der Waals surface area (Å²) in [6, 6.07) is 8.42. The largest absolute Gasteiger partial charge is 0.497 e. The maximum absolute atomic E-state index is 5.44. The Balaban J connectivity index is 1.41. The minimum atomic E-state index is 0.639. The molecule has 0 radical (unpaired) electrons. The molecule has 1 aromatic carbocycles. The molecule has 2 aliphatic rings. The first-order valence-corrected chi connectivity index (χ1v) is 8.24. The highest BCUT2D eigenvalue weighted by molar-refractivity contribution is 5.55. The van der Waals surface area contributed by atoms with Gasteiger partial charge in [-0.2, -0.15) is 4.98 Å². The van der Waals surface area contributed by atoms with Gasteiger partial charge >= 0.3 is 0 Å². The molecule has 0 saturated carbocycles. The first-order chi connectivity index (χ1) is 11.3. The fraction of sp³-hybridized carbons (Fsp3) is 0.529. The van der Waals surface area contributed by atoms with Gasteiger partial charge < -0.3 is 14.6 Å². The number of nitrogens with zero attached hydrogens (tertiary/aromatic N) is 3. The van der Waals surface area contributed by atoms with Crippen molar-refractivity contribution in [1.29, 1.82) is 0 Å². The Morgan fingerprint density at radius 1 is 1.30 bits per heavy atom. The third-order valence-corrected chi connectivity index (χ3v) is 4.91. The third kappa shape index (κ3) is 3.09. The Morgan fingerprint density at radius 2 is 2.17 bits per heavy atom. The standard InChI is InChI=1S/C17H22N4O2/c1-22-14-4-2-12(3-5-14)17-19-16(23-20-17)11-21-9-7-15-13(10-21)6-8-18-15/h2-5,13,15,18H,6-11H2,1H3. The van der Waals surface area contributed by atoms with Crippen LogP contribution in [0, 0.1) is 5.92 Å². The molecule has 2 saturated heterocycles. The SMILES string of the molecule is COc1ccc(-c2noc(CN3CCC4NCCC4C3)n2)cc1. The van der Waals surface area contributed by atoms with Gasteiger partial charge in [-0.15, -0.1) is 0 Å². The van der Waals surface area contributed by atoms with Gasteiger partial charge in [-0.1, -0.05) is 5.16 Å². The van der Waals surface area contributed by atoms with Gasteiger partial charge in [-0.05, 0) is 49.6 Å². The number of rotatable bonds is 4. The van der Waals surface area contributed by atoms with Gasteiger partial charge in [0.05, 0.1) is 13.7 Å². The normalized spacial score (nSPS) is 24.6. The second kappa shape index (κ2) is 6.29. The van der Waals surface area contributed by atoms with Crippen LogP contribution < -0.4 is 10.1 Å². The number of fused-ring (bicyclic) bond motifs is 1. The van der Waals surface area contributed by atoms with Crippen molar-refractivity contribution in [3.63, 3.8) is 0 Å². The van der Waals surface area contributed by atoms with E-state index in [9.17, 15) is 0 Å². The lowest BCUT2D eigenvalue weighted by Crippen LogP contribution is -2.43. The molecule has 0 amide bonds. The van der Waals surface area contributed by atoms with Crippen LogP contribution in [0.25, 0.3) is 11.4 Å². The minimum absolute atomic E-state index is 0.639. The third-order valence-electron chi connectivity index (χ3n) is 4.91. The van der Waals surface area contributed by atoms with Gasteiger partial charge in [0.1, 0.15) is 5.75 Å². The predicted molar refractivity (Wildman–Crippen MR) is 86.1 cm³/mol. The zero-order valence-electron chi connectivity index (χ0n) is 13.4. The van der Waals surface area contributed by atoms with Crippen LogP contribution >= 0.6 is 0 Å². The van der Waals surface area contributed by atoms with Crippen molar-refractivity contribution in [1.82, 2.24) is 20.4 Å². The van der Waals surface area contributed by atoms with E-state index in [1.807, 2.05) is 24.3 Å². The molecule has 2 unspecified atom stereocenters. The van der Waals surface area contributed by atoms with Crippen molar-refractivity contribution in [2.24, 2.45) is 5.92 Å². The number of benzene rings is 1. The molecule has 2 fully saturated rings. The van der Waals surface area contributed by atoms with Crippen molar-refractivity contribution < 1.29 is 9.26 Å². The van der Waals surface area contributed by atoms with Crippen LogP contribution in [0.2, 0.25) is 0 Å². The minimum Gasteiger partial charge on any atom is -0.497 e. The molecule has 0 bridgehead atoms. The number of ether oxygens (including phenoxy) is 1. The summed E-state index contributed by atoms with van der Waals surface area (Å²) in [6.45, 7) is 4.12. The number of hydrogen-bond acceptors (Lipinski definition) is 6. The molecular weight excluding hydrogens is 292 g/mol. The molecule has 6 nitrogen and oxygen atoms in total. The Kier molecular flexibility index (Phi) is 4.01. The fourth-order valence-corrected chi connectivity index (χ4v) is 3.63. The van der Waals surface area contributed by atoms with Gasteiger partial charge in [-0.25, -0.2) is 0 Å². The topological polar surface area (TPSA) is 63.4 Å². The highest BCUT2D eigenvalue weighted by Crippen LogP contribution is 2.26. The number of hydrogen-bond donors (Lipinski definition) is 1. The molecule has 1 aromatic heterocycles.